The summed E-state index contributed by atoms with van der Waals surface area (Å²) in [6.07, 6.45) is 2.45. The Morgan fingerprint density at radius 2 is 2.12 bits per heavy atom. The van der Waals surface area contributed by atoms with Crippen molar-refractivity contribution < 1.29 is 24.2 Å². The molecule has 1 saturated heterocycles. The van der Waals surface area contributed by atoms with Gasteiger partial charge in [0.15, 0.2) is 0 Å². The molecule has 0 aliphatic carbocycles. The summed E-state index contributed by atoms with van der Waals surface area (Å²) in [5.74, 6) is -0.962. The van der Waals surface area contributed by atoms with Gasteiger partial charge >= 0.3 is 5.97 Å². The van der Waals surface area contributed by atoms with Gasteiger partial charge in [-0.3, -0.25) is 4.79 Å². The van der Waals surface area contributed by atoms with Crippen molar-refractivity contribution in [3.63, 3.8) is 0 Å². The topological polar surface area (TPSA) is 116 Å². The third kappa shape index (κ3) is 5.14. The highest BCUT2D eigenvalue weighted by Crippen LogP contribution is 2.25. The molecule has 32 heavy (non-hydrogen) atoms. The maximum atomic E-state index is 12.3. The quantitative estimate of drug-likeness (QED) is 0.488. The van der Waals surface area contributed by atoms with E-state index in [2.05, 4.69) is 31.6 Å². The van der Waals surface area contributed by atoms with E-state index in [-0.39, 0.29) is 29.7 Å². The van der Waals surface area contributed by atoms with Gasteiger partial charge in [0.25, 0.3) is 0 Å². The van der Waals surface area contributed by atoms with Crippen LogP contribution in [0.1, 0.15) is 28.0 Å². The lowest BCUT2D eigenvalue weighted by molar-refractivity contribution is -0.125. The van der Waals surface area contributed by atoms with E-state index < -0.39 is 5.97 Å². The second-order valence-electron chi connectivity index (χ2n) is 7.30. The smallest absolute Gasteiger partial charge is 0.339 e. The van der Waals surface area contributed by atoms with Crippen molar-refractivity contribution in [1.29, 1.82) is 0 Å². The molecule has 10 heteroatoms. The lowest BCUT2D eigenvalue weighted by Crippen LogP contribution is -2.30. The standard InChI is InChI=1S/C22H21BrN4O5/c23-16-5-6-18(22(29)30)20(9-16)32-13-17-11-27(26-25-17)19-4-2-1-3-14(19)10-24-21(28)15-7-8-31-12-15/h1-6,9,11,15H,7-8,10,12-13H2,(H,24,28)(H,29,30). The van der Waals surface area contributed by atoms with E-state index in [0.717, 1.165) is 17.7 Å². The second-order valence-corrected chi connectivity index (χ2v) is 8.21. The van der Waals surface area contributed by atoms with E-state index in [4.69, 9.17) is 9.47 Å². The number of nitrogens with zero attached hydrogens (tertiary/aromatic N) is 3. The van der Waals surface area contributed by atoms with Crippen LogP contribution in [0.15, 0.2) is 53.1 Å². The van der Waals surface area contributed by atoms with Crippen molar-refractivity contribution >= 4 is 27.8 Å². The zero-order chi connectivity index (χ0) is 22.5. The molecule has 1 fully saturated rings. The van der Waals surface area contributed by atoms with Gasteiger partial charge in [-0.05, 0) is 36.2 Å². The number of halogens is 1. The molecule has 1 aliphatic heterocycles. The summed E-state index contributed by atoms with van der Waals surface area (Å²) in [7, 11) is 0. The van der Waals surface area contributed by atoms with Crippen LogP contribution in [0.5, 0.6) is 5.75 Å². The fourth-order valence-electron chi connectivity index (χ4n) is 3.38. The van der Waals surface area contributed by atoms with Crippen molar-refractivity contribution in [3.8, 4) is 11.4 Å². The molecular weight excluding hydrogens is 480 g/mol. The first-order valence-electron chi connectivity index (χ1n) is 10.0. The second kappa shape index (κ2) is 9.92. The summed E-state index contributed by atoms with van der Waals surface area (Å²) in [6.45, 7) is 1.49. The highest BCUT2D eigenvalue weighted by Gasteiger charge is 2.23. The molecule has 166 valence electrons. The molecule has 1 amide bonds. The third-order valence-corrected chi connectivity index (χ3v) is 5.58. The molecule has 2 heterocycles. The van der Waals surface area contributed by atoms with Crippen LogP contribution >= 0.6 is 15.9 Å². The fourth-order valence-corrected chi connectivity index (χ4v) is 3.72. The molecule has 1 atom stereocenters. The van der Waals surface area contributed by atoms with Gasteiger partial charge in [0.05, 0.1) is 24.4 Å². The SMILES string of the molecule is O=C(O)c1ccc(Br)cc1OCc1cn(-c2ccccc2CNC(=O)C2CCOC2)nn1. The number of benzene rings is 2. The molecule has 0 bridgehead atoms. The first-order chi connectivity index (χ1) is 15.5. The predicted molar refractivity (Wildman–Crippen MR) is 118 cm³/mol. The van der Waals surface area contributed by atoms with E-state index in [1.807, 2.05) is 24.3 Å². The molecule has 1 unspecified atom stereocenters. The van der Waals surface area contributed by atoms with Crippen molar-refractivity contribution in [1.82, 2.24) is 20.3 Å². The Balaban J connectivity index is 1.44. The molecule has 9 nitrogen and oxygen atoms in total. The summed E-state index contributed by atoms with van der Waals surface area (Å²) in [5, 5.41) is 20.6. The molecule has 4 rings (SSSR count). The van der Waals surface area contributed by atoms with Crippen molar-refractivity contribution in [2.75, 3.05) is 13.2 Å². The summed E-state index contributed by atoms with van der Waals surface area (Å²) in [5.41, 5.74) is 2.26. The summed E-state index contributed by atoms with van der Waals surface area (Å²) < 4.78 is 13.3. The van der Waals surface area contributed by atoms with Crippen molar-refractivity contribution in [2.45, 2.75) is 19.6 Å². The molecule has 0 spiro atoms. The molecule has 3 aromatic rings. The minimum atomic E-state index is -1.07. The van der Waals surface area contributed by atoms with E-state index in [1.165, 1.54) is 6.07 Å². The number of hydrogen-bond acceptors (Lipinski definition) is 6. The highest BCUT2D eigenvalue weighted by molar-refractivity contribution is 9.10. The molecule has 0 radical (unpaired) electrons. The Morgan fingerprint density at radius 3 is 2.91 bits per heavy atom. The number of amides is 1. The van der Waals surface area contributed by atoms with Crippen molar-refractivity contribution in [3.05, 3.63) is 70.0 Å². The number of carboxylic acid groups (broad SMARTS) is 1. The van der Waals surface area contributed by atoms with Gasteiger partial charge in [-0.15, -0.1) is 5.10 Å². The summed E-state index contributed by atoms with van der Waals surface area (Å²) >= 11 is 3.32. The zero-order valence-electron chi connectivity index (χ0n) is 17.0. The number of para-hydroxylation sites is 1. The third-order valence-electron chi connectivity index (χ3n) is 5.08. The van der Waals surface area contributed by atoms with E-state index in [1.54, 1.807) is 23.0 Å². The molecule has 0 saturated carbocycles. The molecule has 2 N–H and O–H groups in total. The van der Waals surface area contributed by atoms with Crippen LogP contribution < -0.4 is 10.1 Å². The Kier molecular flexibility index (Phi) is 6.81. The number of carbonyl (C=O) groups is 2. The van der Waals surface area contributed by atoms with Crippen LogP contribution in [-0.2, 0) is 22.7 Å². The number of rotatable bonds is 8. The maximum Gasteiger partial charge on any atom is 0.339 e. The minimum absolute atomic E-state index is 0.0201. The van der Waals surface area contributed by atoms with Gasteiger partial charge < -0.3 is 19.9 Å². The first-order valence-corrected chi connectivity index (χ1v) is 10.8. The largest absolute Gasteiger partial charge is 0.486 e. The Labute approximate surface area is 192 Å². The molecule has 2 aromatic carbocycles. The highest BCUT2D eigenvalue weighted by atomic mass is 79.9. The lowest BCUT2D eigenvalue weighted by atomic mass is 10.1. The van der Waals surface area contributed by atoms with Gasteiger partial charge in [0.1, 0.15) is 23.6 Å². The number of carbonyl (C=O) groups excluding carboxylic acids is 1. The Morgan fingerprint density at radius 1 is 1.28 bits per heavy atom. The number of nitrogens with one attached hydrogen (secondary N) is 1. The summed E-state index contributed by atoms with van der Waals surface area (Å²) in [4.78, 5) is 23.7. The summed E-state index contributed by atoms with van der Waals surface area (Å²) in [6, 6.07) is 12.3. The number of hydrogen-bond donors (Lipinski definition) is 2. The zero-order valence-corrected chi connectivity index (χ0v) is 18.6. The van der Waals surface area contributed by atoms with Crippen LogP contribution in [0, 0.1) is 5.92 Å². The number of ether oxygens (including phenoxy) is 2. The van der Waals surface area contributed by atoms with Crippen molar-refractivity contribution in [2.24, 2.45) is 5.92 Å². The monoisotopic (exact) mass is 500 g/mol. The van der Waals surface area contributed by atoms with Gasteiger partial charge in [-0.2, -0.15) is 0 Å². The number of aromatic nitrogens is 3. The van der Waals surface area contributed by atoms with Gasteiger partial charge in [-0.25, -0.2) is 9.48 Å². The predicted octanol–water partition coefficient (Wildman–Crippen LogP) is 2.96. The van der Waals surface area contributed by atoms with Crippen LogP contribution in [0.3, 0.4) is 0 Å². The molecular formula is C22H21BrN4O5. The van der Waals surface area contributed by atoms with Gasteiger partial charge in [-0.1, -0.05) is 39.3 Å². The van der Waals surface area contributed by atoms with E-state index in [9.17, 15) is 14.7 Å². The lowest BCUT2D eigenvalue weighted by Gasteiger charge is -2.12. The average molecular weight is 501 g/mol. The number of aromatic carboxylic acids is 1. The van der Waals surface area contributed by atoms with Gasteiger partial charge in [0, 0.05) is 17.6 Å². The Hall–Kier alpha value is -3.24. The average Bonchev–Trinajstić information content (AvgIpc) is 3.48. The van der Waals surface area contributed by atoms with Gasteiger partial charge in [0.2, 0.25) is 5.91 Å². The van der Waals surface area contributed by atoms with Crippen LogP contribution in [-0.4, -0.2) is 45.2 Å². The number of carboxylic acids is 1. The van der Waals surface area contributed by atoms with Crippen LogP contribution in [0.4, 0.5) is 0 Å². The van der Waals surface area contributed by atoms with Crippen LogP contribution in [0.2, 0.25) is 0 Å². The fraction of sp³-hybridized carbons (Fsp3) is 0.273. The van der Waals surface area contributed by atoms with Crippen LogP contribution in [0.25, 0.3) is 5.69 Å². The molecule has 1 aliphatic rings. The minimum Gasteiger partial charge on any atom is -0.486 e. The first kappa shape index (κ1) is 22.0. The maximum absolute atomic E-state index is 12.3. The molecule has 1 aromatic heterocycles. The Bertz CT molecular complexity index is 1130. The normalized spacial score (nSPS) is 15.5. The van der Waals surface area contributed by atoms with E-state index >= 15 is 0 Å². The van der Waals surface area contributed by atoms with E-state index in [0.29, 0.717) is 29.9 Å².